The van der Waals surface area contributed by atoms with Crippen molar-refractivity contribution in [2.45, 2.75) is 25.9 Å². The first-order valence-corrected chi connectivity index (χ1v) is 6.24. The average molecular weight is 279 g/mol. The van der Waals surface area contributed by atoms with Crippen molar-refractivity contribution in [2.24, 2.45) is 0 Å². The van der Waals surface area contributed by atoms with Crippen molar-refractivity contribution in [1.82, 2.24) is 0 Å². The average Bonchev–Trinajstić information content (AvgIpc) is 2.47. The van der Waals surface area contributed by atoms with E-state index in [-0.39, 0.29) is 0 Å². The Bertz CT molecular complexity index is 283. The fraction of sp³-hybridized carbons (Fsp3) is 0.600. The Kier molecular flexibility index (Phi) is 4.57. The van der Waals surface area contributed by atoms with E-state index in [0.29, 0.717) is 19.6 Å². The summed E-state index contributed by atoms with van der Waals surface area (Å²) >= 11 is 5.04. The van der Waals surface area contributed by atoms with Crippen molar-refractivity contribution in [3.63, 3.8) is 0 Å². The van der Waals surface area contributed by atoms with E-state index in [9.17, 15) is 5.11 Å². The van der Waals surface area contributed by atoms with Gasteiger partial charge in [0.1, 0.15) is 0 Å². The lowest BCUT2D eigenvalue weighted by Gasteiger charge is -2.21. The van der Waals surface area contributed by atoms with Crippen LogP contribution in [0.25, 0.3) is 0 Å². The summed E-state index contributed by atoms with van der Waals surface area (Å²) in [6.07, 6.45) is 0.642. The Morgan fingerprint density at radius 1 is 1.64 bits per heavy atom. The van der Waals surface area contributed by atoms with Gasteiger partial charge in [-0.3, -0.25) is 0 Å². The molecule has 0 aliphatic carbocycles. The molecule has 0 bridgehead atoms. The molecule has 1 heterocycles. The van der Waals surface area contributed by atoms with Gasteiger partial charge in [-0.05, 0) is 35.8 Å². The lowest BCUT2D eigenvalue weighted by molar-refractivity contribution is -0.0291. The third kappa shape index (κ3) is 4.09. The molecule has 0 aromatic carbocycles. The monoisotopic (exact) mass is 278 g/mol. The summed E-state index contributed by atoms with van der Waals surface area (Å²) in [5.41, 5.74) is -0.764. The molecule has 0 saturated heterocycles. The van der Waals surface area contributed by atoms with E-state index >= 15 is 0 Å². The van der Waals surface area contributed by atoms with Gasteiger partial charge in [0.05, 0.1) is 12.2 Å². The van der Waals surface area contributed by atoms with Gasteiger partial charge in [-0.15, -0.1) is 11.3 Å². The third-order valence-corrected chi connectivity index (χ3v) is 3.49. The van der Waals surface area contributed by atoms with E-state index in [0.717, 1.165) is 4.47 Å². The molecule has 0 radical (unpaired) electrons. The van der Waals surface area contributed by atoms with Crippen LogP contribution in [0.2, 0.25) is 0 Å². The number of hydrogen-bond donors (Lipinski definition) is 1. The molecule has 1 N–H and O–H groups in total. The minimum atomic E-state index is -0.764. The molecule has 1 unspecified atom stereocenters. The Hall–Kier alpha value is 0.1000. The van der Waals surface area contributed by atoms with Crippen LogP contribution in [0.1, 0.15) is 18.7 Å². The highest BCUT2D eigenvalue weighted by molar-refractivity contribution is 9.10. The molecule has 0 amide bonds. The van der Waals surface area contributed by atoms with E-state index in [1.165, 1.54) is 4.88 Å². The number of aliphatic hydroxyl groups is 1. The molecule has 1 atom stereocenters. The minimum absolute atomic E-state index is 0.388. The molecule has 2 nitrogen and oxygen atoms in total. The highest BCUT2D eigenvalue weighted by Gasteiger charge is 2.21. The van der Waals surface area contributed by atoms with Crippen LogP contribution < -0.4 is 0 Å². The zero-order valence-electron chi connectivity index (χ0n) is 8.42. The molecule has 14 heavy (non-hydrogen) atoms. The summed E-state index contributed by atoms with van der Waals surface area (Å²) < 4.78 is 6.29. The SMILES string of the molecule is CCOCC(C)(O)Cc1cc(Br)cs1. The maximum atomic E-state index is 9.97. The van der Waals surface area contributed by atoms with Gasteiger partial charge in [0.25, 0.3) is 0 Å². The van der Waals surface area contributed by atoms with Gasteiger partial charge >= 0.3 is 0 Å². The zero-order chi connectivity index (χ0) is 10.6. The van der Waals surface area contributed by atoms with Crippen molar-refractivity contribution in [3.8, 4) is 0 Å². The van der Waals surface area contributed by atoms with Crippen LogP contribution in [-0.4, -0.2) is 23.9 Å². The number of halogens is 1. The normalized spacial score (nSPS) is 15.4. The molecule has 0 saturated carbocycles. The predicted octanol–water partition coefficient (Wildman–Crippen LogP) is 2.84. The fourth-order valence-electron chi connectivity index (χ4n) is 1.19. The van der Waals surface area contributed by atoms with Crippen molar-refractivity contribution >= 4 is 27.3 Å². The maximum Gasteiger partial charge on any atom is 0.0900 e. The van der Waals surface area contributed by atoms with Gasteiger partial charge in [-0.2, -0.15) is 0 Å². The van der Waals surface area contributed by atoms with Crippen LogP contribution in [0, 0.1) is 0 Å². The summed E-state index contributed by atoms with van der Waals surface area (Å²) in [5, 5.41) is 12.0. The molecule has 0 fully saturated rings. The summed E-state index contributed by atoms with van der Waals surface area (Å²) in [4.78, 5) is 1.17. The number of hydrogen-bond acceptors (Lipinski definition) is 3. The van der Waals surface area contributed by atoms with Crippen molar-refractivity contribution in [2.75, 3.05) is 13.2 Å². The largest absolute Gasteiger partial charge is 0.387 e. The van der Waals surface area contributed by atoms with Crippen molar-refractivity contribution in [1.29, 1.82) is 0 Å². The predicted molar refractivity (Wildman–Crippen MR) is 62.8 cm³/mol. The highest BCUT2D eigenvalue weighted by atomic mass is 79.9. The number of thiophene rings is 1. The Balaban J connectivity index is 2.49. The Morgan fingerprint density at radius 3 is 2.86 bits per heavy atom. The summed E-state index contributed by atoms with van der Waals surface area (Å²) in [7, 11) is 0. The zero-order valence-corrected chi connectivity index (χ0v) is 10.8. The summed E-state index contributed by atoms with van der Waals surface area (Å²) in [6.45, 7) is 4.76. The molecular weight excluding hydrogens is 264 g/mol. The lowest BCUT2D eigenvalue weighted by atomic mass is 10.0. The quantitative estimate of drug-likeness (QED) is 0.898. The second-order valence-electron chi connectivity index (χ2n) is 3.54. The van der Waals surface area contributed by atoms with Crippen molar-refractivity contribution < 1.29 is 9.84 Å². The summed E-state index contributed by atoms with van der Waals surface area (Å²) in [5.74, 6) is 0. The van der Waals surface area contributed by atoms with Gasteiger partial charge < -0.3 is 9.84 Å². The molecule has 0 aliphatic rings. The third-order valence-electron chi connectivity index (χ3n) is 1.79. The van der Waals surface area contributed by atoms with E-state index in [4.69, 9.17) is 4.74 Å². The molecule has 0 aliphatic heterocycles. The van der Waals surface area contributed by atoms with Gasteiger partial charge in [0, 0.05) is 27.8 Å². The standard InChI is InChI=1S/C10H15BrO2S/c1-3-13-7-10(2,12)5-9-4-8(11)6-14-9/h4,6,12H,3,5,7H2,1-2H3. The molecule has 1 rings (SSSR count). The van der Waals surface area contributed by atoms with Crippen LogP contribution in [0.5, 0.6) is 0 Å². The van der Waals surface area contributed by atoms with E-state index in [1.54, 1.807) is 18.3 Å². The maximum absolute atomic E-state index is 9.97. The van der Waals surface area contributed by atoms with Gasteiger partial charge in [-0.1, -0.05) is 0 Å². The second kappa shape index (κ2) is 5.26. The molecule has 1 aromatic heterocycles. The topological polar surface area (TPSA) is 29.5 Å². The van der Waals surface area contributed by atoms with Crippen LogP contribution in [-0.2, 0) is 11.2 Å². The molecule has 80 valence electrons. The van der Waals surface area contributed by atoms with E-state index in [2.05, 4.69) is 15.9 Å². The lowest BCUT2D eigenvalue weighted by Crippen LogP contribution is -2.32. The fourth-order valence-corrected chi connectivity index (χ4v) is 2.82. The first kappa shape index (κ1) is 12.2. The van der Waals surface area contributed by atoms with E-state index < -0.39 is 5.60 Å². The second-order valence-corrected chi connectivity index (χ2v) is 5.45. The van der Waals surface area contributed by atoms with Crippen molar-refractivity contribution in [3.05, 3.63) is 20.8 Å². The van der Waals surface area contributed by atoms with Gasteiger partial charge in [0.2, 0.25) is 0 Å². The van der Waals surface area contributed by atoms with Crippen LogP contribution >= 0.6 is 27.3 Å². The first-order chi connectivity index (χ1) is 6.53. The number of ether oxygens (including phenoxy) is 1. The molecule has 4 heteroatoms. The first-order valence-electron chi connectivity index (χ1n) is 4.56. The number of rotatable bonds is 5. The summed E-state index contributed by atoms with van der Waals surface area (Å²) in [6, 6.07) is 2.03. The Morgan fingerprint density at radius 2 is 2.36 bits per heavy atom. The molecule has 1 aromatic rings. The Labute approximate surface area is 97.0 Å². The highest BCUT2D eigenvalue weighted by Crippen LogP contribution is 2.24. The molecule has 0 spiro atoms. The molecular formula is C10H15BrO2S. The van der Waals surface area contributed by atoms with E-state index in [1.807, 2.05) is 18.4 Å². The smallest absolute Gasteiger partial charge is 0.0900 e. The van der Waals surface area contributed by atoms with Crippen LogP contribution in [0.3, 0.4) is 0 Å². The van der Waals surface area contributed by atoms with Gasteiger partial charge in [0.15, 0.2) is 0 Å². The van der Waals surface area contributed by atoms with Crippen LogP contribution in [0.4, 0.5) is 0 Å². The minimum Gasteiger partial charge on any atom is -0.387 e. The van der Waals surface area contributed by atoms with Crippen LogP contribution in [0.15, 0.2) is 15.9 Å². The van der Waals surface area contributed by atoms with Gasteiger partial charge in [-0.25, -0.2) is 0 Å².